The normalized spacial score (nSPS) is 14.1. The molecule has 1 aliphatic heterocycles. The number of benzene rings is 1. The number of fused-ring (bicyclic) bond motifs is 1. The van der Waals surface area contributed by atoms with Gasteiger partial charge >= 0.3 is 6.03 Å². The van der Waals surface area contributed by atoms with E-state index in [1.54, 1.807) is 18.6 Å². The number of ether oxygens (including phenoxy) is 1. The van der Waals surface area contributed by atoms with Crippen LogP contribution < -0.4 is 20.7 Å². The van der Waals surface area contributed by atoms with Crippen LogP contribution in [0.5, 0.6) is 5.75 Å². The number of hydrogen-bond acceptors (Lipinski definition) is 4. The van der Waals surface area contributed by atoms with Gasteiger partial charge < -0.3 is 25.3 Å². The lowest BCUT2D eigenvalue weighted by Gasteiger charge is -2.21. The van der Waals surface area contributed by atoms with E-state index in [0.717, 1.165) is 5.56 Å². The number of urea groups is 1. The Morgan fingerprint density at radius 3 is 3.17 bits per heavy atom. The van der Waals surface area contributed by atoms with Gasteiger partial charge in [-0.3, -0.25) is 4.79 Å². The lowest BCUT2D eigenvalue weighted by atomic mass is 10.1. The monoisotopic (exact) mass is 329 g/mol. The molecule has 1 aromatic carbocycles. The van der Waals surface area contributed by atoms with E-state index in [9.17, 15) is 9.59 Å². The molecule has 0 bridgehead atoms. The second kappa shape index (κ2) is 7.03. The molecule has 0 fully saturated rings. The molecule has 2 aromatic rings. The van der Waals surface area contributed by atoms with Gasteiger partial charge in [0.25, 0.3) is 5.91 Å². The Kier molecular flexibility index (Phi) is 4.64. The van der Waals surface area contributed by atoms with Crippen molar-refractivity contribution in [3.8, 4) is 5.75 Å². The number of carbonyl (C=O) groups excluding carboxylic acids is 2. The minimum atomic E-state index is -0.249. The highest BCUT2D eigenvalue weighted by Crippen LogP contribution is 2.30. The average Bonchev–Trinajstić information content (AvgIpc) is 3.07. The Morgan fingerprint density at radius 1 is 1.50 bits per heavy atom. The molecule has 3 amide bonds. The molecule has 0 saturated heterocycles. The van der Waals surface area contributed by atoms with Gasteiger partial charge in [0.05, 0.1) is 18.1 Å². The quantitative estimate of drug-likeness (QED) is 0.769. The lowest BCUT2D eigenvalue weighted by Crippen LogP contribution is -2.38. The van der Waals surface area contributed by atoms with E-state index < -0.39 is 0 Å². The maximum atomic E-state index is 12.0. The van der Waals surface area contributed by atoms with Crippen molar-refractivity contribution in [1.29, 1.82) is 0 Å². The molecule has 3 N–H and O–H groups in total. The van der Waals surface area contributed by atoms with Gasteiger partial charge in [0, 0.05) is 25.5 Å². The highest BCUT2D eigenvalue weighted by molar-refractivity contribution is 5.95. The van der Waals surface area contributed by atoms with Gasteiger partial charge in [0.2, 0.25) is 0 Å². The third-order valence-electron chi connectivity index (χ3n) is 3.70. The van der Waals surface area contributed by atoms with Crippen LogP contribution in [0.2, 0.25) is 0 Å². The summed E-state index contributed by atoms with van der Waals surface area (Å²) < 4.78 is 7.21. The second-order valence-corrected chi connectivity index (χ2v) is 5.51. The molecular weight excluding hydrogens is 310 g/mol. The standard InChI is InChI=1S/C16H19N5O3/c1-11(19-16(23)18-5-7-21-6-4-17-10-21)12-2-3-14-13(8-12)20-15(22)9-24-14/h2-4,6,8,10-11H,5,7,9H2,1H3,(H,20,22)(H2,18,19,23)/t11-/m1/s1. The fraction of sp³-hybridized carbons (Fsp3) is 0.312. The van der Waals surface area contributed by atoms with Crippen molar-refractivity contribution >= 4 is 17.6 Å². The van der Waals surface area contributed by atoms with Crippen molar-refractivity contribution in [1.82, 2.24) is 20.2 Å². The Balaban J connectivity index is 1.52. The fourth-order valence-corrected chi connectivity index (χ4v) is 2.42. The first kappa shape index (κ1) is 15.9. The Morgan fingerprint density at radius 2 is 2.38 bits per heavy atom. The molecule has 0 radical (unpaired) electrons. The molecule has 126 valence electrons. The maximum absolute atomic E-state index is 12.0. The summed E-state index contributed by atoms with van der Waals surface area (Å²) in [5, 5.41) is 8.42. The molecule has 1 aliphatic rings. The van der Waals surface area contributed by atoms with Gasteiger partial charge in [0.15, 0.2) is 6.61 Å². The van der Waals surface area contributed by atoms with Crippen LogP contribution in [0, 0.1) is 0 Å². The molecule has 8 heteroatoms. The number of imidazole rings is 1. The molecule has 0 unspecified atom stereocenters. The predicted octanol–water partition coefficient (Wildman–Crippen LogP) is 1.27. The number of carbonyl (C=O) groups is 2. The van der Waals surface area contributed by atoms with Gasteiger partial charge in [-0.25, -0.2) is 9.78 Å². The third kappa shape index (κ3) is 3.83. The minimum absolute atomic E-state index is 0.0273. The Labute approximate surface area is 139 Å². The van der Waals surface area contributed by atoms with Gasteiger partial charge in [-0.1, -0.05) is 6.07 Å². The first-order valence-electron chi connectivity index (χ1n) is 7.68. The average molecular weight is 329 g/mol. The predicted molar refractivity (Wildman–Crippen MR) is 87.7 cm³/mol. The zero-order valence-corrected chi connectivity index (χ0v) is 13.3. The largest absolute Gasteiger partial charge is 0.482 e. The SMILES string of the molecule is C[C@@H](NC(=O)NCCn1ccnc1)c1ccc2c(c1)NC(=O)CO2. The summed E-state index contributed by atoms with van der Waals surface area (Å²) in [7, 11) is 0. The van der Waals surface area contributed by atoms with Gasteiger partial charge in [-0.2, -0.15) is 0 Å². The molecule has 3 rings (SSSR count). The molecule has 2 heterocycles. The molecule has 1 atom stereocenters. The van der Waals surface area contributed by atoms with Crippen molar-refractivity contribution in [2.45, 2.75) is 19.5 Å². The van der Waals surface area contributed by atoms with Crippen LogP contribution >= 0.6 is 0 Å². The number of aromatic nitrogens is 2. The molecule has 1 aromatic heterocycles. The van der Waals surface area contributed by atoms with E-state index in [2.05, 4.69) is 20.9 Å². The van der Waals surface area contributed by atoms with Crippen LogP contribution in [0.3, 0.4) is 0 Å². The van der Waals surface area contributed by atoms with Crippen LogP contribution in [0.15, 0.2) is 36.9 Å². The molecule has 0 aliphatic carbocycles. The number of rotatable bonds is 5. The molecule has 0 spiro atoms. The molecule has 8 nitrogen and oxygen atoms in total. The van der Waals surface area contributed by atoms with Crippen molar-refractivity contribution in [3.05, 3.63) is 42.5 Å². The van der Waals surface area contributed by atoms with E-state index in [-0.39, 0.29) is 24.6 Å². The van der Waals surface area contributed by atoms with E-state index in [1.807, 2.05) is 29.8 Å². The summed E-state index contributed by atoms with van der Waals surface area (Å²) in [5.41, 5.74) is 1.50. The zero-order valence-electron chi connectivity index (χ0n) is 13.3. The van der Waals surface area contributed by atoms with E-state index in [1.165, 1.54) is 0 Å². The summed E-state index contributed by atoms with van der Waals surface area (Å²) in [5.74, 6) is 0.452. The minimum Gasteiger partial charge on any atom is -0.482 e. The molecular formula is C16H19N5O3. The summed E-state index contributed by atoms with van der Waals surface area (Å²) in [6, 6.07) is 5.01. The number of nitrogens with zero attached hydrogens (tertiary/aromatic N) is 2. The lowest BCUT2D eigenvalue weighted by molar-refractivity contribution is -0.118. The number of nitrogens with one attached hydrogen (secondary N) is 3. The highest BCUT2D eigenvalue weighted by Gasteiger charge is 2.18. The summed E-state index contributed by atoms with van der Waals surface area (Å²) in [6.07, 6.45) is 5.23. The van der Waals surface area contributed by atoms with Crippen LogP contribution in [0.25, 0.3) is 0 Å². The maximum Gasteiger partial charge on any atom is 0.315 e. The van der Waals surface area contributed by atoms with Gasteiger partial charge in [0.1, 0.15) is 5.75 Å². The fourth-order valence-electron chi connectivity index (χ4n) is 2.42. The van der Waals surface area contributed by atoms with E-state index >= 15 is 0 Å². The zero-order chi connectivity index (χ0) is 16.9. The topological polar surface area (TPSA) is 97.3 Å². The first-order chi connectivity index (χ1) is 11.6. The van der Waals surface area contributed by atoms with Crippen molar-refractivity contribution in [2.24, 2.45) is 0 Å². The summed E-state index contributed by atoms with van der Waals surface area (Å²) in [4.78, 5) is 27.3. The second-order valence-electron chi connectivity index (χ2n) is 5.51. The van der Waals surface area contributed by atoms with Gasteiger partial charge in [-0.05, 0) is 24.6 Å². The smallest absolute Gasteiger partial charge is 0.315 e. The van der Waals surface area contributed by atoms with Crippen molar-refractivity contribution in [3.63, 3.8) is 0 Å². The number of hydrogen-bond donors (Lipinski definition) is 3. The summed E-state index contributed by atoms with van der Waals surface area (Å²) >= 11 is 0. The molecule has 0 saturated carbocycles. The van der Waals surface area contributed by atoms with Crippen LogP contribution in [-0.4, -0.2) is 34.6 Å². The Bertz CT molecular complexity index is 729. The Hall–Kier alpha value is -3.03. The summed E-state index contributed by atoms with van der Waals surface area (Å²) in [6.45, 7) is 3.06. The third-order valence-corrected chi connectivity index (χ3v) is 3.70. The van der Waals surface area contributed by atoms with Crippen LogP contribution in [0.1, 0.15) is 18.5 Å². The van der Waals surface area contributed by atoms with Gasteiger partial charge in [-0.15, -0.1) is 0 Å². The number of anilines is 1. The van der Waals surface area contributed by atoms with E-state index in [0.29, 0.717) is 24.5 Å². The first-order valence-corrected chi connectivity index (χ1v) is 7.68. The number of amides is 3. The van der Waals surface area contributed by atoms with Crippen molar-refractivity contribution in [2.75, 3.05) is 18.5 Å². The van der Waals surface area contributed by atoms with Crippen LogP contribution in [0.4, 0.5) is 10.5 Å². The highest BCUT2D eigenvalue weighted by atomic mass is 16.5. The molecule has 24 heavy (non-hydrogen) atoms. The van der Waals surface area contributed by atoms with E-state index in [4.69, 9.17) is 4.74 Å². The van der Waals surface area contributed by atoms with Crippen LogP contribution in [-0.2, 0) is 11.3 Å². The van der Waals surface area contributed by atoms with Crippen molar-refractivity contribution < 1.29 is 14.3 Å².